The Labute approximate surface area is 211 Å². The zero-order valence-electron chi connectivity index (χ0n) is 20.7. The predicted molar refractivity (Wildman–Crippen MR) is 136 cm³/mol. The molecule has 0 saturated heterocycles. The zero-order chi connectivity index (χ0) is 26.0. The van der Waals surface area contributed by atoms with E-state index in [1.165, 1.54) is 34.1 Å². The van der Waals surface area contributed by atoms with E-state index in [2.05, 4.69) is 14.9 Å². The molecule has 1 aliphatic carbocycles. The number of aryl methyl sites for hydroxylation is 4. The van der Waals surface area contributed by atoms with E-state index in [9.17, 15) is 18.0 Å². The Morgan fingerprint density at radius 1 is 1.08 bits per heavy atom. The number of fused-ring (bicyclic) bond motifs is 1. The number of hydrogen-bond donors (Lipinski definition) is 1. The molecule has 3 aromatic heterocycles. The van der Waals surface area contributed by atoms with Crippen LogP contribution in [0.4, 0.5) is 0 Å². The minimum absolute atomic E-state index is 0.0147. The van der Waals surface area contributed by atoms with Gasteiger partial charge >= 0.3 is 5.69 Å². The van der Waals surface area contributed by atoms with Gasteiger partial charge in [-0.2, -0.15) is 0 Å². The second-order valence-corrected chi connectivity index (χ2v) is 12.6. The van der Waals surface area contributed by atoms with Crippen molar-refractivity contribution in [2.24, 2.45) is 0 Å². The number of nitrogens with one attached hydrogen (secondary N) is 1. The predicted octanol–water partition coefficient (Wildman–Crippen LogP) is 2.77. The zero-order valence-corrected chi connectivity index (χ0v) is 22.3. The average molecular weight is 530 g/mol. The van der Waals surface area contributed by atoms with Gasteiger partial charge in [0, 0.05) is 16.0 Å². The van der Waals surface area contributed by atoms with Crippen LogP contribution in [-0.4, -0.2) is 33.2 Å². The third kappa shape index (κ3) is 4.33. The molecular weight excluding hydrogens is 502 g/mol. The van der Waals surface area contributed by atoms with Gasteiger partial charge in [-0.25, -0.2) is 22.9 Å². The van der Waals surface area contributed by atoms with Gasteiger partial charge in [0.05, 0.1) is 45.3 Å². The number of sulfonamides is 1. The summed E-state index contributed by atoms with van der Waals surface area (Å²) in [4.78, 5) is 32.6. The number of hydrogen-bond acceptors (Lipinski definition) is 8. The summed E-state index contributed by atoms with van der Waals surface area (Å²) in [5.74, 6) is 0.512. The Hall–Kier alpha value is -3.09. The Bertz CT molecular complexity index is 1720. The molecule has 1 aliphatic rings. The largest absolute Gasteiger partial charge is 0.361 e. The molecule has 0 bridgehead atoms. The topological polar surface area (TPSA) is 129 Å². The van der Waals surface area contributed by atoms with Gasteiger partial charge in [0.2, 0.25) is 10.0 Å². The summed E-state index contributed by atoms with van der Waals surface area (Å²) in [5.41, 5.74) is 0.853. The van der Waals surface area contributed by atoms with Crippen molar-refractivity contribution in [1.29, 1.82) is 0 Å². The van der Waals surface area contributed by atoms with Crippen LogP contribution in [0.1, 0.15) is 52.4 Å². The lowest BCUT2D eigenvalue weighted by Crippen LogP contribution is -2.41. The van der Waals surface area contributed by atoms with E-state index in [-0.39, 0.29) is 23.4 Å². The molecule has 1 aromatic carbocycles. The monoisotopic (exact) mass is 529 g/mol. The lowest BCUT2D eigenvalue weighted by Gasteiger charge is -2.16. The Morgan fingerprint density at radius 2 is 1.81 bits per heavy atom. The van der Waals surface area contributed by atoms with Gasteiger partial charge in [0.15, 0.2) is 0 Å². The summed E-state index contributed by atoms with van der Waals surface area (Å²) in [6, 6.07) is 4.33. The van der Waals surface area contributed by atoms with Crippen molar-refractivity contribution in [3.63, 3.8) is 0 Å². The van der Waals surface area contributed by atoms with Crippen LogP contribution in [0.3, 0.4) is 0 Å². The van der Waals surface area contributed by atoms with Gasteiger partial charge in [-0.1, -0.05) is 5.16 Å². The van der Waals surface area contributed by atoms with Gasteiger partial charge in [0.1, 0.15) is 5.76 Å². The van der Waals surface area contributed by atoms with Crippen LogP contribution in [0, 0.1) is 27.7 Å². The Balaban J connectivity index is 1.73. The van der Waals surface area contributed by atoms with Gasteiger partial charge < -0.3 is 4.52 Å². The first kappa shape index (κ1) is 24.6. The highest BCUT2D eigenvalue weighted by Gasteiger charge is 2.41. The number of aromatic nitrogens is 4. The van der Waals surface area contributed by atoms with E-state index in [1.54, 1.807) is 13.8 Å². The van der Waals surface area contributed by atoms with Crippen LogP contribution in [0.5, 0.6) is 0 Å². The maximum absolute atomic E-state index is 13.7. The van der Waals surface area contributed by atoms with Crippen molar-refractivity contribution >= 4 is 32.3 Å². The number of benzene rings is 1. The van der Waals surface area contributed by atoms with Crippen LogP contribution in [0.25, 0.3) is 10.9 Å². The summed E-state index contributed by atoms with van der Waals surface area (Å²) < 4.78 is 36.7. The SMILES string of the molecule is Cc1nc(C)c(Cn2c(=O)n(Cc3c(C)noc3C)c(=O)c3cc(S(=O)(=O)NC4(C)CC4)ccc32)s1. The quantitative estimate of drug-likeness (QED) is 0.390. The van der Waals surface area contributed by atoms with Crippen molar-refractivity contribution in [1.82, 2.24) is 24.0 Å². The molecule has 4 aromatic rings. The molecular formula is C24H27N5O5S2. The molecule has 3 heterocycles. The lowest BCUT2D eigenvalue weighted by atomic mass is 10.2. The highest BCUT2D eigenvalue weighted by molar-refractivity contribution is 7.89. The van der Waals surface area contributed by atoms with E-state index < -0.39 is 26.8 Å². The van der Waals surface area contributed by atoms with E-state index in [1.807, 2.05) is 20.8 Å². The molecule has 0 unspecified atom stereocenters. The molecule has 0 radical (unpaired) electrons. The van der Waals surface area contributed by atoms with Crippen molar-refractivity contribution in [3.8, 4) is 0 Å². The number of rotatable bonds is 7. The Kier molecular flexibility index (Phi) is 5.80. The first-order chi connectivity index (χ1) is 16.9. The second-order valence-electron chi connectivity index (χ2n) is 9.65. The van der Waals surface area contributed by atoms with Gasteiger partial charge in [-0.05, 0) is 65.7 Å². The van der Waals surface area contributed by atoms with E-state index >= 15 is 0 Å². The fraction of sp³-hybridized carbons (Fsp3) is 0.417. The minimum atomic E-state index is -3.84. The fourth-order valence-corrected chi connectivity index (χ4v) is 6.70. The summed E-state index contributed by atoms with van der Waals surface area (Å²) in [7, 11) is -3.84. The van der Waals surface area contributed by atoms with E-state index in [0.717, 1.165) is 33.0 Å². The van der Waals surface area contributed by atoms with Crippen LogP contribution in [0.2, 0.25) is 0 Å². The molecule has 5 rings (SSSR count). The average Bonchev–Trinajstić information content (AvgIpc) is 3.31. The van der Waals surface area contributed by atoms with Gasteiger partial charge in [-0.3, -0.25) is 13.9 Å². The molecule has 0 aliphatic heterocycles. The van der Waals surface area contributed by atoms with Crippen molar-refractivity contribution in [2.75, 3.05) is 0 Å². The lowest BCUT2D eigenvalue weighted by molar-refractivity contribution is 0.392. The van der Waals surface area contributed by atoms with Crippen molar-refractivity contribution < 1.29 is 12.9 Å². The van der Waals surface area contributed by atoms with E-state index in [4.69, 9.17) is 4.52 Å². The highest BCUT2D eigenvalue weighted by Crippen LogP contribution is 2.36. The molecule has 1 fully saturated rings. The minimum Gasteiger partial charge on any atom is -0.361 e. The van der Waals surface area contributed by atoms with Crippen molar-refractivity contribution in [2.45, 2.75) is 71.0 Å². The first-order valence-corrected chi connectivity index (χ1v) is 13.8. The highest BCUT2D eigenvalue weighted by atomic mass is 32.2. The number of nitrogens with zero attached hydrogens (tertiary/aromatic N) is 4. The fourth-order valence-electron chi connectivity index (χ4n) is 4.28. The maximum atomic E-state index is 13.7. The van der Waals surface area contributed by atoms with Crippen LogP contribution < -0.4 is 16.0 Å². The molecule has 12 heteroatoms. The van der Waals surface area contributed by atoms with E-state index in [0.29, 0.717) is 22.5 Å². The van der Waals surface area contributed by atoms with Crippen LogP contribution in [-0.2, 0) is 23.1 Å². The molecule has 0 spiro atoms. The normalized spacial score (nSPS) is 15.0. The van der Waals surface area contributed by atoms with Gasteiger partial charge in [-0.15, -0.1) is 11.3 Å². The first-order valence-electron chi connectivity index (χ1n) is 11.5. The van der Waals surface area contributed by atoms with Crippen molar-refractivity contribution in [3.05, 3.63) is 71.6 Å². The number of thiazole rings is 1. The third-order valence-corrected chi connectivity index (χ3v) is 9.38. The molecule has 1 N–H and O–H groups in total. The summed E-state index contributed by atoms with van der Waals surface area (Å²) in [5, 5.41) is 4.95. The molecule has 1 saturated carbocycles. The molecule has 190 valence electrons. The Morgan fingerprint density at radius 3 is 2.39 bits per heavy atom. The second kappa shape index (κ2) is 8.49. The smallest absolute Gasteiger partial charge is 0.332 e. The summed E-state index contributed by atoms with van der Waals surface area (Å²) in [6.45, 7) is 9.25. The molecule has 0 atom stereocenters. The molecule has 10 nitrogen and oxygen atoms in total. The van der Waals surface area contributed by atoms with Crippen LogP contribution in [0.15, 0.2) is 37.2 Å². The van der Waals surface area contributed by atoms with Crippen LogP contribution >= 0.6 is 11.3 Å². The summed E-state index contributed by atoms with van der Waals surface area (Å²) in [6.07, 6.45) is 1.52. The molecule has 36 heavy (non-hydrogen) atoms. The maximum Gasteiger partial charge on any atom is 0.332 e. The third-order valence-electron chi connectivity index (χ3n) is 6.69. The summed E-state index contributed by atoms with van der Waals surface area (Å²) >= 11 is 1.48. The van der Waals surface area contributed by atoms with Gasteiger partial charge in [0.25, 0.3) is 5.56 Å². The molecule has 0 amide bonds. The standard InChI is InChI=1S/C24H27N5O5S2/c1-13-19(15(3)34-26-13)11-29-22(30)18-10-17(36(32,33)27-24(5)8-9-24)6-7-20(18)28(23(29)31)12-21-14(2)25-16(4)35-21/h6-7,10,27H,8-9,11-12H2,1-5H3.